The van der Waals surface area contributed by atoms with Gasteiger partial charge in [-0.15, -0.1) is 0 Å². The van der Waals surface area contributed by atoms with Gasteiger partial charge in [-0.05, 0) is 57.0 Å². The smallest absolute Gasteiger partial charge is 0.255 e. The first-order chi connectivity index (χ1) is 13.9. The van der Waals surface area contributed by atoms with Gasteiger partial charge in [-0.3, -0.25) is 9.59 Å². The summed E-state index contributed by atoms with van der Waals surface area (Å²) < 4.78 is 0.896. The minimum absolute atomic E-state index is 0.0423. The van der Waals surface area contributed by atoms with E-state index in [1.807, 2.05) is 69.4 Å². The fraction of sp³-hybridized carbons (Fsp3) is 0.391. The molecule has 2 aromatic carbocycles. The number of carbonyl (C=O) groups excluding carboxylic acids is 2. The number of para-hydroxylation sites is 1. The Bertz CT molecular complexity index is 876. The number of hydrogen-bond acceptors (Lipinski definition) is 3. The Kier molecular flexibility index (Phi) is 6.96. The van der Waals surface area contributed by atoms with E-state index in [1.54, 1.807) is 4.90 Å². The number of piperidine rings is 1. The molecule has 0 atom stereocenters. The Morgan fingerprint density at radius 1 is 1.10 bits per heavy atom. The molecule has 6 heteroatoms. The van der Waals surface area contributed by atoms with Crippen molar-refractivity contribution in [2.75, 3.05) is 25.0 Å². The number of amides is 2. The van der Waals surface area contributed by atoms with Gasteiger partial charge in [0.1, 0.15) is 0 Å². The summed E-state index contributed by atoms with van der Waals surface area (Å²) in [5.41, 5.74) is 2.37. The van der Waals surface area contributed by atoms with E-state index in [2.05, 4.69) is 26.1 Å². The highest BCUT2D eigenvalue weighted by Crippen LogP contribution is 2.26. The van der Waals surface area contributed by atoms with Crippen LogP contribution in [0.2, 0.25) is 0 Å². The van der Waals surface area contributed by atoms with Crippen molar-refractivity contribution in [3.63, 3.8) is 0 Å². The zero-order valence-electron chi connectivity index (χ0n) is 17.2. The van der Waals surface area contributed by atoms with Crippen molar-refractivity contribution in [3.8, 4) is 0 Å². The first-order valence-electron chi connectivity index (χ1n) is 10.0. The van der Waals surface area contributed by atoms with Gasteiger partial charge >= 0.3 is 0 Å². The number of benzene rings is 2. The molecule has 2 aromatic rings. The largest absolute Gasteiger partial charge is 0.371 e. The molecule has 5 nitrogen and oxygen atoms in total. The van der Waals surface area contributed by atoms with Crippen LogP contribution in [-0.2, 0) is 0 Å². The quantitative estimate of drug-likeness (QED) is 0.726. The normalized spacial score (nSPS) is 14.7. The third-order valence-electron chi connectivity index (χ3n) is 5.49. The summed E-state index contributed by atoms with van der Waals surface area (Å²) in [6.45, 7) is 5.64. The van der Waals surface area contributed by atoms with Gasteiger partial charge in [-0.1, -0.05) is 34.1 Å². The van der Waals surface area contributed by atoms with Crippen molar-refractivity contribution in [2.24, 2.45) is 0 Å². The molecule has 2 amide bonds. The number of anilines is 1. The highest BCUT2D eigenvalue weighted by molar-refractivity contribution is 9.10. The first kappa shape index (κ1) is 21.4. The van der Waals surface area contributed by atoms with Gasteiger partial charge < -0.3 is 15.1 Å². The average Bonchev–Trinajstić information content (AvgIpc) is 2.73. The van der Waals surface area contributed by atoms with Gasteiger partial charge in [0, 0.05) is 47.9 Å². The molecule has 1 saturated heterocycles. The zero-order valence-corrected chi connectivity index (χ0v) is 18.8. The lowest BCUT2D eigenvalue weighted by atomic mass is 10.0. The minimum Gasteiger partial charge on any atom is -0.371 e. The molecule has 1 N–H and O–H groups in total. The van der Waals surface area contributed by atoms with Crippen LogP contribution in [0, 0.1) is 0 Å². The Morgan fingerprint density at radius 3 is 2.45 bits per heavy atom. The van der Waals surface area contributed by atoms with Crippen LogP contribution in [0.3, 0.4) is 0 Å². The van der Waals surface area contributed by atoms with Crippen LogP contribution in [0.5, 0.6) is 0 Å². The summed E-state index contributed by atoms with van der Waals surface area (Å²) in [6, 6.07) is 15.5. The van der Waals surface area contributed by atoms with Gasteiger partial charge in [0.2, 0.25) is 0 Å². The van der Waals surface area contributed by atoms with Gasteiger partial charge in [-0.25, -0.2) is 0 Å². The molecule has 0 aliphatic carbocycles. The Hall–Kier alpha value is -2.34. The highest BCUT2D eigenvalue weighted by Gasteiger charge is 2.25. The summed E-state index contributed by atoms with van der Waals surface area (Å²) in [6.07, 6.45) is 1.70. The van der Waals surface area contributed by atoms with E-state index in [4.69, 9.17) is 0 Å². The van der Waals surface area contributed by atoms with Crippen molar-refractivity contribution in [1.29, 1.82) is 0 Å². The van der Waals surface area contributed by atoms with Gasteiger partial charge in [0.05, 0.1) is 5.56 Å². The summed E-state index contributed by atoms with van der Waals surface area (Å²) >= 11 is 3.41. The summed E-state index contributed by atoms with van der Waals surface area (Å²) in [5, 5.41) is 3.14. The molecule has 3 rings (SSSR count). The fourth-order valence-electron chi connectivity index (χ4n) is 3.52. The van der Waals surface area contributed by atoms with E-state index in [0.717, 1.165) is 41.7 Å². The zero-order chi connectivity index (χ0) is 21.0. The van der Waals surface area contributed by atoms with Crippen LogP contribution in [-0.4, -0.2) is 48.9 Å². The Morgan fingerprint density at radius 2 is 1.79 bits per heavy atom. The van der Waals surface area contributed by atoms with E-state index >= 15 is 0 Å². The van der Waals surface area contributed by atoms with Crippen LogP contribution in [0.4, 0.5) is 5.69 Å². The molecular weight excluding hydrogens is 430 g/mol. The number of rotatable bonds is 5. The van der Waals surface area contributed by atoms with E-state index < -0.39 is 0 Å². The number of carbonyl (C=O) groups is 2. The molecule has 0 saturated carbocycles. The maximum absolute atomic E-state index is 12.9. The van der Waals surface area contributed by atoms with Crippen molar-refractivity contribution < 1.29 is 9.59 Å². The number of hydrogen-bond donors (Lipinski definition) is 1. The fourth-order valence-corrected chi connectivity index (χ4v) is 3.92. The van der Waals surface area contributed by atoms with Crippen molar-refractivity contribution in [2.45, 2.75) is 38.8 Å². The van der Waals surface area contributed by atoms with Crippen molar-refractivity contribution in [3.05, 3.63) is 64.1 Å². The number of halogens is 1. The average molecular weight is 458 g/mol. The lowest BCUT2D eigenvalue weighted by Crippen LogP contribution is -2.45. The van der Waals surface area contributed by atoms with Crippen LogP contribution in [0.1, 0.15) is 47.4 Å². The van der Waals surface area contributed by atoms with Gasteiger partial charge in [0.15, 0.2) is 0 Å². The standard InChI is InChI=1S/C23H28BrN3O2/c1-16(2)26(3)23(29)20-9-4-5-10-21(20)27-13-11-19(12-14-27)25-22(28)17-7-6-8-18(24)15-17/h4-10,15-16,19H,11-14H2,1-3H3,(H,25,28). The molecular formula is C23H28BrN3O2. The number of nitrogens with one attached hydrogen (secondary N) is 1. The summed E-state index contributed by atoms with van der Waals surface area (Å²) in [4.78, 5) is 29.4. The molecule has 1 aliphatic rings. The third-order valence-corrected chi connectivity index (χ3v) is 5.98. The summed E-state index contributed by atoms with van der Waals surface area (Å²) in [7, 11) is 1.84. The predicted molar refractivity (Wildman–Crippen MR) is 121 cm³/mol. The van der Waals surface area contributed by atoms with Crippen LogP contribution >= 0.6 is 15.9 Å². The van der Waals surface area contributed by atoms with Crippen molar-refractivity contribution in [1.82, 2.24) is 10.2 Å². The molecule has 1 fully saturated rings. The lowest BCUT2D eigenvalue weighted by molar-refractivity contribution is 0.0755. The minimum atomic E-state index is -0.0427. The maximum atomic E-state index is 12.9. The molecule has 0 unspecified atom stereocenters. The molecule has 29 heavy (non-hydrogen) atoms. The van der Waals surface area contributed by atoms with Gasteiger partial charge in [-0.2, -0.15) is 0 Å². The first-order valence-corrected chi connectivity index (χ1v) is 10.8. The second-order valence-electron chi connectivity index (χ2n) is 7.77. The van der Waals surface area contributed by atoms with Crippen molar-refractivity contribution >= 4 is 33.4 Å². The maximum Gasteiger partial charge on any atom is 0.255 e. The number of nitrogens with zero attached hydrogens (tertiary/aromatic N) is 2. The van der Waals surface area contributed by atoms with E-state index in [-0.39, 0.29) is 23.9 Å². The van der Waals surface area contributed by atoms with Gasteiger partial charge in [0.25, 0.3) is 11.8 Å². The Balaban J connectivity index is 1.64. The van der Waals surface area contributed by atoms with Crippen LogP contribution < -0.4 is 10.2 Å². The van der Waals surface area contributed by atoms with E-state index in [9.17, 15) is 9.59 Å². The lowest BCUT2D eigenvalue weighted by Gasteiger charge is -2.35. The molecule has 0 radical (unpaired) electrons. The molecule has 154 valence electrons. The molecule has 0 aromatic heterocycles. The topological polar surface area (TPSA) is 52.7 Å². The second-order valence-corrected chi connectivity index (χ2v) is 8.69. The third kappa shape index (κ3) is 5.18. The van der Waals surface area contributed by atoms with E-state index in [1.165, 1.54) is 0 Å². The molecule has 1 aliphatic heterocycles. The SMILES string of the molecule is CC(C)N(C)C(=O)c1ccccc1N1CCC(NC(=O)c2cccc(Br)c2)CC1. The summed E-state index contributed by atoms with van der Waals surface area (Å²) in [5.74, 6) is -0.000401. The monoisotopic (exact) mass is 457 g/mol. The highest BCUT2D eigenvalue weighted by atomic mass is 79.9. The van der Waals surface area contributed by atoms with Crippen LogP contribution in [0.15, 0.2) is 53.0 Å². The Labute approximate surface area is 181 Å². The second kappa shape index (κ2) is 9.44. The molecule has 1 heterocycles. The predicted octanol–water partition coefficient (Wildman–Crippen LogP) is 4.33. The molecule has 0 spiro atoms. The van der Waals surface area contributed by atoms with Crippen LogP contribution in [0.25, 0.3) is 0 Å². The van der Waals surface area contributed by atoms with E-state index in [0.29, 0.717) is 5.56 Å². The molecule has 0 bridgehead atoms.